The van der Waals surface area contributed by atoms with E-state index in [4.69, 9.17) is 14.7 Å². The first-order valence-electron chi connectivity index (χ1n) is 11.3. The molecule has 5 rings (SSSR count). The predicted octanol–water partition coefficient (Wildman–Crippen LogP) is 4.12. The minimum absolute atomic E-state index is 0.0296. The fourth-order valence-electron chi connectivity index (χ4n) is 4.53. The molecule has 1 fully saturated rings. The lowest BCUT2D eigenvalue weighted by atomic mass is 10.0. The molecular weight excluding hydrogens is 416 g/mol. The highest BCUT2D eigenvalue weighted by Crippen LogP contribution is 2.32. The van der Waals surface area contributed by atoms with E-state index in [1.807, 2.05) is 60.4 Å². The number of para-hydroxylation sites is 1. The summed E-state index contributed by atoms with van der Waals surface area (Å²) in [6, 6.07) is 16.8. The number of carbonyl (C=O) groups is 2. The highest BCUT2D eigenvalue weighted by molar-refractivity contribution is 5.95. The van der Waals surface area contributed by atoms with Gasteiger partial charge in [0.2, 0.25) is 5.91 Å². The zero-order valence-corrected chi connectivity index (χ0v) is 18.8. The number of anilines is 1. The first kappa shape index (κ1) is 21.1. The van der Waals surface area contributed by atoms with E-state index in [1.165, 1.54) is 0 Å². The van der Waals surface area contributed by atoms with Gasteiger partial charge in [-0.2, -0.15) is 0 Å². The van der Waals surface area contributed by atoms with E-state index in [0.29, 0.717) is 48.9 Å². The molecule has 0 bridgehead atoms. The summed E-state index contributed by atoms with van der Waals surface area (Å²) in [6.45, 7) is 3.17. The third-order valence-electron chi connectivity index (χ3n) is 6.39. The van der Waals surface area contributed by atoms with E-state index in [2.05, 4.69) is 0 Å². The van der Waals surface area contributed by atoms with Gasteiger partial charge in [-0.15, -0.1) is 0 Å². The van der Waals surface area contributed by atoms with Gasteiger partial charge >= 0.3 is 0 Å². The maximum Gasteiger partial charge on any atom is 0.254 e. The van der Waals surface area contributed by atoms with Crippen LogP contribution in [0.5, 0.6) is 11.5 Å². The zero-order chi connectivity index (χ0) is 22.9. The Balaban J connectivity index is 1.32. The summed E-state index contributed by atoms with van der Waals surface area (Å²) in [4.78, 5) is 38.3. The number of rotatable bonds is 4. The average molecular weight is 443 g/mol. The van der Waals surface area contributed by atoms with Crippen LogP contribution < -0.4 is 9.64 Å². The molecule has 2 amide bonds. The molecule has 0 saturated carbocycles. The molecule has 2 aliphatic heterocycles. The number of likely N-dealkylation sites (tertiary alicyclic amines) is 1. The van der Waals surface area contributed by atoms with Crippen molar-refractivity contribution in [2.45, 2.75) is 32.1 Å². The predicted molar refractivity (Wildman–Crippen MR) is 125 cm³/mol. The van der Waals surface area contributed by atoms with Crippen LogP contribution in [0.1, 0.15) is 46.2 Å². The minimum atomic E-state index is -0.0296. The van der Waals surface area contributed by atoms with Gasteiger partial charge in [-0.25, -0.2) is 9.97 Å². The average Bonchev–Trinajstić information content (AvgIpc) is 3.32. The number of nitrogens with zero attached hydrogens (tertiary/aromatic N) is 4. The van der Waals surface area contributed by atoms with Crippen molar-refractivity contribution < 1.29 is 14.3 Å². The van der Waals surface area contributed by atoms with Crippen LogP contribution >= 0.6 is 0 Å². The summed E-state index contributed by atoms with van der Waals surface area (Å²) in [5, 5.41) is 0. The van der Waals surface area contributed by atoms with Crippen molar-refractivity contribution in [2.24, 2.45) is 0 Å². The number of benzene rings is 2. The van der Waals surface area contributed by atoms with Crippen molar-refractivity contribution in [3.05, 3.63) is 77.2 Å². The molecule has 2 aromatic carbocycles. The molecule has 0 radical (unpaired) electrons. The lowest BCUT2D eigenvalue weighted by Crippen LogP contribution is -2.33. The van der Waals surface area contributed by atoms with Crippen LogP contribution in [0.3, 0.4) is 0 Å². The Morgan fingerprint density at radius 2 is 1.82 bits per heavy atom. The summed E-state index contributed by atoms with van der Waals surface area (Å²) in [5.41, 5.74) is 2.56. The molecule has 0 N–H and O–H groups in total. The standard InChI is InChI=1S/C26H26N4O3/c1-17-22-11-12-23(31)29(2)25(22)28-24(27-17)19-13-14-30(16-19)26(32)18-7-6-10-21(15-18)33-20-8-4-3-5-9-20/h3-10,15,19H,11-14,16H2,1-2H3/t19-/m1/s1. The van der Waals surface area contributed by atoms with Crippen molar-refractivity contribution in [2.75, 3.05) is 25.0 Å². The summed E-state index contributed by atoms with van der Waals surface area (Å²) in [6.07, 6.45) is 1.97. The Bertz CT molecular complexity index is 1210. The molecule has 1 atom stereocenters. The lowest BCUT2D eigenvalue weighted by Gasteiger charge is -2.26. The molecule has 1 saturated heterocycles. The molecule has 1 aromatic heterocycles. The second-order valence-corrected chi connectivity index (χ2v) is 8.60. The number of amides is 2. The van der Waals surface area contributed by atoms with Crippen LogP contribution in [0.2, 0.25) is 0 Å². The Morgan fingerprint density at radius 3 is 2.64 bits per heavy atom. The van der Waals surface area contributed by atoms with Crippen LogP contribution in [0.25, 0.3) is 0 Å². The van der Waals surface area contributed by atoms with Crippen molar-refractivity contribution in [3.63, 3.8) is 0 Å². The third-order valence-corrected chi connectivity index (χ3v) is 6.39. The molecule has 7 heteroatoms. The molecular formula is C26H26N4O3. The van der Waals surface area contributed by atoms with E-state index in [-0.39, 0.29) is 17.7 Å². The quantitative estimate of drug-likeness (QED) is 0.608. The third kappa shape index (κ3) is 4.18. The van der Waals surface area contributed by atoms with E-state index in [9.17, 15) is 9.59 Å². The number of fused-ring (bicyclic) bond motifs is 1. The van der Waals surface area contributed by atoms with Crippen molar-refractivity contribution in [1.29, 1.82) is 0 Å². The number of aryl methyl sites for hydroxylation is 1. The van der Waals surface area contributed by atoms with Crippen molar-refractivity contribution in [3.8, 4) is 11.5 Å². The van der Waals surface area contributed by atoms with Crippen LogP contribution in [0.4, 0.5) is 5.82 Å². The summed E-state index contributed by atoms with van der Waals surface area (Å²) < 4.78 is 5.88. The SMILES string of the molecule is Cc1nc([C@@H]2CCN(C(=O)c3cccc(Oc4ccccc4)c3)C2)nc2c1CCC(=O)N2C. The van der Waals surface area contributed by atoms with Crippen molar-refractivity contribution >= 4 is 17.6 Å². The molecule has 2 aliphatic rings. The van der Waals surface area contributed by atoms with Gasteiger partial charge in [-0.3, -0.25) is 14.5 Å². The van der Waals surface area contributed by atoms with Crippen LogP contribution in [-0.2, 0) is 11.2 Å². The summed E-state index contributed by atoms with van der Waals surface area (Å²) >= 11 is 0. The highest BCUT2D eigenvalue weighted by atomic mass is 16.5. The maximum atomic E-state index is 13.2. The van der Waals surface area contributed by atoms with Crippen LogP contribution in [-0.4, -0.2) is 46.8 Å². The summed E-state index contributed by atoms with van der Waals surface area (Å²) in [5.74, 6) is 2.88. The topological polar surface area (TPSA) is 75.6 Å². The summed E-state index contributed by atoms with van der Waals surface area (Å²) in [7, 11) is 1.77. The Labute approximate surface area is 193 Å². The number of hydrogen-bond donors (Lipinski definition) is 0. The molecule has 0 unspecified atom stereocenters. The molecule has 33 heavy (non-hydrogen) atoms. The fourth-order valence-corrected chi connectivity index (χ4v) is 4.53. The second-order valence-electron chi connectivity index (χ2n) is 8.60. The number of aromatic nitrogens is 2. The largest absolute Gasteiger partial charge is 0.457 e. The van der Waals surface area contributed by atoms with Crippen LogP contribution in [0.15, 0.2) is 54.6 Å². The van der Waals surface area contributed by atoms with Gasteiger partial charge in [0.05, 0.1) is 0 Å². The van der Waals surface area contributed by atoms with Gasteiger partial charge < -0.3 is 9.64 Å². The van der Waals surface area contributed by atoms with E-state index < -0.39 is 0 Å². The molecule has 7 nitrogen and oxygen atoms in total. The number of ether oxygens (including phenoxy) is 1. The first-order chi connectivity index (χ1) is 16.0. The lowest BCUT2D eigenvalue weighted by molar-refractivity contribution is -0.118. The molecule has 0 aliphatic carbocycles. The van der Waals surface area contributed by atoms with Gasteiger partial charge in [-0.05, 0) is 50.1 Å². The van der Waals surface area contributed by atoms with E-state index in [0.717, 1.165) is 23.4 Å². The number of carbonyl (C=O) groups excluding carboxylic acids is 2. The Morgan fingerprint density at radius 1 is 1.03 bits per heavy atom. The van der Waals surface area contributed by atoms with Gasteiger partial charge in [0.1, 0.15) is 23.1 Å². The smallest absolute Gasteiger partial charge is 0.254 e. The molecule has 3 aromatic rings. The van der Waals surface area contributed by atoms with E-state index >= 15 is 0 Å². The maximum absolute atomic E-state index is 13.2. The molecule has 3 heterocycles. The van der Waals surface area contributed by atoms with Gasteiger partial charge in [0, 0.05) is 49.3 Å². The van der Waals surface area contributed by atoms with Gasteiger partial charge in [0.25, 0.3) is 5.91 Å². The Hall–Kier alpha value is -3.74. The zero-order valence-electron chi connectivity index (χ0n) is 18.8. The van der Waals surface area contributed by atoms with Gasteiger partial charge in [0.15, 0.2) is 0 Å². The van der Waals surface area contributed by atoms with Gasteiger partial charge in [-0.1, -0.05) is 24.3 Å². The monoisotopic (exact) mass is 442 g/mol. The van der Waals surface area contributed by atoms with Crippen LogP contribution in [0, 0.1) is 6.92 Å². The molecule has 0 spiro atoms. The normalized spacial score (nSPS) is 17.8. The second kappa shape index (κ2) is 8.65. The van der Waals surface area contributed by atoms with E-state index in [1.54, 1.807) is 18.0 Å². The van der Waals surface area contributed by atoms with Crippen molar-refractivity contribution in [1.82, 2.24) is 14.9 Å². The first-order valence-corrected chi connectivity index (χ1v) is 11.3. The highest BCUT2D eigenvalue weighted by Gasteiger charge is 2.32. The number of hydrogen-bond acceptors (Lipinski definition) is 5. The fraction of sp³-hybridized carbons (Fsp3) is 0.308. The molecule has 168 valence electrons. The Kier molecular flexibility index (Phi) is 5.54. The minimum Gasteiger partial charge on any atom is -0.457 e.